The molecule has 3 heterocycles. The Kier molecular flexibility index (Phi) is 6.13. The second kappa shape index (κ2) is 8.38. The first-order valence-electron chi connectivity index (χ1n) is 9.79. The summed E-state index contributed by atoms with van der Waals surface area (Å²) in [5.41, 5.74) is 1.29. The number of nitrogens with one attached hydrogen (secondary N) is 1. The number of rotatable bonds is 4. The molecule has 1 aromatic carbocycles. The minimum atomic E-state index is 0.0803. The molecule has 3 saturated heterocycles. The highest BCUT2D eigenvalue weighted by Crippen LogP contribution is 2.40. The second-order valence-corrected chi connectivity index (χ2v) is 9.45. The Morgan fingerprint density at radius 2 is 1.96 bits per heavy atom. The quantitative estimate of drug-likeness (QED) is 0.776. The maximum atomic E-state index is 6.39. The molecule has 0 aliphatic carbocycles. The molecule has 3 aliphatic rings. The molecule has 1 aromatic rings. The summed E-state index contributed by atoms with van der Waals surface area (Å²) in [7, 11) is 0. The topological polar surface area (TPSA) is 33.7 Å². The SMILES string of the molecule is Cc1ccc(SN2CCC3(CC2)CC(NC2CCOCC2)CO3)c(Cl)c1. The molecule has 4 rings (SSSR count). The van der Waals surface area contributed by atoms with E-state index in [0.29, 0.717) is 12.1 Å². The molecule has 0 amide bonds. The van der Waals surface area contributed by atoms with Crippen molar-refractivity contribution < 1.29 is 9.47 Å². The standard InChI is InChI=1S/C20H29ClN2O2S/c1-15-2-3-19(18(21)12-15)26-23-8-6-20(7-9-23)13-17(14-25-20)22-16-4-10-24-11-5-16/h2-3,12,16-17,22H,4-11,13-14H2,1H3. The fourth-order valence-electron chi connectivity index (χ4n) is 4.30. The lowest BCUT2D eigenvalue weighted by molar-refractivity contribution is -0.0301. The molecule has 3 aliphatic heterocycles. The molecular formula is C20H29ClN2O2S. The number of hydrogen-bond acceptors (Lipinski definition) is 5. The van der Waals surface area contributed by atoms with Crippen LogP contribution in [-0.4, -0.2) is 54.9 Å². The third-order valence-electron chi connectivity index (χ3n) is 5.85. The van der Waals surface area contributed by atoms with E-state index >= 15 is 0 Å². The van der Waals surface area contributed by atoms with E-state index in [2.05, 4.69) is 28.7 Å². The number of hydrogen-bond donors (Lipinski definition) is 1. The van der Waals surface area contributed by atoms with Gasteiger partial charge in [-0.3, -0.25) is 0 Å². The lowest BCUT2D eigenvalue weighted by atomic mass is 9.88. The van der Waals surface area contributed by atoms with Crippen LogP contribution in [0.5, 0.6) is 0 Å². The van der Waals surface area contributed by atoms with Gasteiger partial charge in [0.15, 0.2) is 0 Å². The molecule has 0 aromatic heterocycles. The highest BCUT2D eigenvalue weighted by molar-refractivity contribution is 7.97. The van der Waals surface area contributed by atoms with Crippen LogP contribution in [-0.2, 0) is 9.47 Å². The van der Waals surface area contributed by atoms with Crippen LogP contribution in [0.1, 0.15) is 37.7 Å². The molecule has 0 radical (unpaired) electrons. The van der Waals surface area contributed by atoms with Gasteiger partial charge >= 0.3 is 0 Å². The Morgan fingerprint density at radius 1 is 1.19 bits per heavy atom. The van der Waals surface area contributed by atoms with E-state index in [1.807, 2.05) is 6.07 Å². The van der Waals surface area contributed by atoms with Gasteiger partial charge < -0.3 is 14.8 Å². The summed E-state index contributed by atoms with van der Waals surface area (Å²) in [6.07, 6.45) is 5.62. The molecule has 1 N–H and O–H groups in total. The van der Waals surface area contributed by atoms with Crippen LogP contribution in [0.15, 0.2) is 23.1 Å². The lowest BCUT2D eigenvalue weighted by Crippen LogP contribution is -2.44. The Labute approximate surface area is 166 Å². The van der Waals surface area contributed by atoms with E-state index in [4.69, 9.17) is 21.1 Å². The Morgan fingerprint density at radius 3 is 2.69 bits per heavy atom. The van der Waals surface area contributed by atoms with Crippen LogP contribution < -0.4 is 5.32 Å². The van der Waals surface area contributed by atoms with Crippen molar-refractivity contribution in [3.63, 3.8) is 0 Å². The van der Waals surface area contributed by atoms with Gasteiger partial charge in [-0.2, -0.15) is 0 Å². The maximum Gasteiger partial charge on any atom is 0.0724 e. The van der Waals surface area contributed by atoms with Gasteiger partial charge in [-0.25, -0.2) is 4.31 Å². The molecule has 1 spiro atoms. The summed E-state index contributed by atoms with van der Waals surface area (Å²) in [6.45, 7) is 6.83. The molecule has 0 bridgehead atoms. The summed E-state index contributed by atoms with van der Waals surface area (Å²) < 4.78 is 14.2. The summed E-state index contributed by atoms with van der Waals surface area (Å²) >= 11 is 8.18. The van der Waals surface area contributed by atoms with Crippen molar-refractivity contribution in [2.45, 2.75) is 61.6 Å². The van der Waals surface area contributed by atoms with Gasteiger partial charge in [-0.15, -0.1) is 0 Å². The number of halogens is 1. The van der Waals surface area contributed by atoms with Gasteiger partial charge in [-0.05, 0) is 68.7 Å². The highest BCUT2D eigenvalue weighted by atomic mass is 35.5. The van der Waals surface area contributed by atoms with Crippen LogP contribution in [0, 0.1) is 6.92 Å². The van der Waals surface area contributed by atoms with Crippen molar-refractivity contribution in [3.05, 3.63) is 28.8 Å². The summed E-state index contributed by atoms with van der Waals surface area (Å²) in [5, 5.41) is 4.67. The van der Waals surface area contributed by atoms with Crippen molar-refractivity contribution >= 4 is 23.5 Å². The van der Waals surface area contributed by atoms with E-state index in [1.54, 1.807) is 11.9 Å². The van der Waals surface area contributed by atoms with Crippen molar-refractivity contribution in [2.75, 3.05) is 32.9 Å². The lowest BCUT2D eigenvalue weighted by Gasteiger charge is -2.38. The van der Waals surface area contributed by atoms with Gasteiger partial charge in [0.05, 0.1) is 17.2 Å². The number of piperidine rings is 1. The zero-order valence-electron chi connectivity index (χ0n) is 15.5. The molecule has 6 heteroatoms. The molecule has 26 heavy (non-hydrogen) atoms. The van der Waals surface area contributed by atoms with E-state index in [1.165, 1.54) is 5.56 Å². The minimum absolute atomic E-state index is 0.0803. The van der Waals surface area contributed by atoms with Crippen molar-refractivity contribution in [1.29, 1.82) is 0 Å². The Balaban J connectivity index is 1.26. The van der Waals surface area contributed by atoms with Gasteiger partial charge in [0, 0.05) is 43.3 Å². The fourth-order valence-corrected chi connectivity index (χ4v) is 5.56. The molecular weight excluding hydrogens is 368 g/mol. The first kappa shape index (κ1) is 19.0. The van der Waals surface area contributed by atoms with E-state index in [9.17, 15) is 0 Å². The number of ether oxygens (including phenoxy) is 2. The maximum absolute atomic E-state index is 6.39. The predicted molar refractivity (Wildman–Crippen MR) is 107 cm³/mol. The summed E-state index contributed by atoms with van der Waals surface area (Å²) in [5.74, 6) is 0. The molecule has 1 atom stereocenters. The van der Waals surface area contributed by atoms with Gasteiger partial charge in [0.1, 0.15) is 0 Å². The first-order valence-corrected chi connectivity index (χ1v) is 10.9. The molecule has 0 saturated carbocycles. The third-order valence-corrected chi connectivity index (χ3v) is 7.45. The molecule has 3 fully saturated rings. The predicted octanol–water partition coefficient (Wildman–Crippen LogP) is 4.05. The molecule has 1 unspecified atom stereocenters. The number of benzene rings is 1. The van der Waals surface area contributed by atoms with Gasteiger partial charge in [0.25, 0.3) is 0 Å². The van der Waals surface area contributed by atoms with E-state index in [0.717, 1.165) is 74.9 Å². The van der Waals surface area contributed by atoms with Crippen LogP contribution >= 0.6 is 23.5 Å². The van der Waals surface area contributed by atoms with Gasteiger partial charge in [-0.1, -0.05) is 17.7 Å². The average molecular weight is 397 g/mol. The smallest absolute Gasteiger partial charge is 0.0724 e. The average Bonchev–Trinajstić information content (AvgIpc) is 3.03. The van der Waals surface area contributed by atoms with Crippen LogP contribution in [0.2, 0.25) is 5.02 Å². The summed E-state index contributed by atoms with van der Waals surface area (Å²) in [4.78, 5) is 1.15. The zero-order valence-corrected chi connectivity index (χ0v) is 17.1. The van der Waals surface area contributed by atoms with Crippen molar-refractivity contribution in [3.8, 4) is 0 Å². The largest absolute Gasteiger partial charge is 0.381 e. The highest BCUT2D eigenvalue weighted by Gasteiger charge is 2.43. The van der Waals surface area contributed by atoms with Crippen molar-refractivity contribution in [1.82, 2.24) is 9.62 Å². The Hall–Kier alpha value is -0.300. The zero-order chi connectivity index (χ0) is 18.0. The summed E-state index contributed by atoms with van der Waals surface area (Å²) in [6, 6.07) is 7.41. The Bertz CT molecular complexity index is 616. The first-order chi connectivity index (χ1) is 12.6. The molecule has 144 valence electrons. The van der Waals surface area contributed by atoms with Crippen LogP contribution in [0.3, 0.4) is 0 Å². The second-order valence-electron chi connectivity index (χ2n) is 7.90. The van der Waals surface area contributed by atoms with E-state index < -0.39 is 0 Å². The van der Waals surface area contributed by atoms with E-state index in [-0.39, 0.29) is 5.60 Å². The molecule has 4 nitrogen and oxygen atoms in total. The van der Waals surface area contributed by atoms with Crippen molar-refractivity contribution in [2.24, 2.45) is 0 Å². The fraction of sp³-hybridized carbons (Fsp3) is 0.700. The third kappa shape index (κ3) is 4.57. The number of aryl methyl sites for hydroxylation is 1. The van der Waals surface area contributed by atoms with Crippen LogP contribution in [0.25, 0.3) is 0 Å². The minimum Gasteiger partial charge on any atom is -0.381 e. The monoisotopic (exact) mass is 396 g/mol. The number of nitrogens with zero attached hydrogens (tertiary/aromatic N) is 1. The van der Waals surface area contributed by atoms with Gasteiger partial charge in [0.2, 0.25) is 0 Å². The normalized spacial score (nSPS) is 27.2. The van der Waals surface area contributed by atoms with Crippen LogP contribution in [0.4, 0.5) is 0 Å².